The van der Waals surface area contributed by atoms with E-state index in [1.165, 1.54) is 18.3 Å². The lowest BCUT2D eigenvalue weighted by molar-refractivity contribution is 0.0951. The summed E-state index contributed by atoms with van der Waals surface area (Å²) in [5, 5.41) is 12.7. The lowest BCUT2D eigenvalue weighted by Crippen LogP contribution is -2.19. The van der Waals surface area contributed by atoms with Crippen molar-refractivity contribution in [1.29, 1.82) is 5.26 Å². The fraction of sp³-hybridized carbons (Fsp3) is 0.250. The zero-order valence-electron chi connectivity index (χ0n) is 15.1. The number of carbonyl (C=O) groups is 1. The number of rotatable bonds is 5. The highest BCUT2D eigenvalue weighted by atomic mass is 19.1. The zero-order chi connectivity index (χ0) is 19.3. The summed E-state index contributed by atoms with van der Waals surface area (Å²) in [6.45, 7) is 6.03. The molecule has 0 heterocycles. The van der Waals surface area contributed by atoms with Crippen LogP contribution in [-0.2, 0) is 0 Å². The minimum atomic E-state index is -0.764. The van der Waals surface area contributed by atoms with Crippen molar-refractivity contribution in [2.45, 2.75) is 26.7 Å². The van der Waals surface area contributed by atoms with Crippen molar-refractivity contribution in [1.82, 2.24) is 5.43 Å². The van der Waals surface area contributed by atoms with Crippen LogP contribution in [0.3, 0.4) is 0 Å². The molecule has 0 fully saturated rings. The SMILES string of the molecule is COc1cc(C)c(/C=N\NC(=O)c2ccc(C#N)cc2F)cc1C(C)C. The van der Waals surface area contributed by atoms with E-state index >= 15 is 0 Å². The number of ether oxygens (including phenoxy) is 1. The first kappa shape index (κ1) is 19.1. The summed E-state index contributed by atoms with van der Waals surface area (Å²) in [5.74, 6) is -0.378. The Morgan fingerprint density at radius 2 is 2.08 bits per heavy atom. The first-order valence-electron chi connectivity index (χ1n) is 8.09. The molecule has 26 heavy (non-hydrogen) atoms. The third-order valence-corrected chi connectivity index (χ3v) is 3.95. The van der Waals surface area contributed by atoms with Crippen molar-refractivity contribution in [3.63, 3.8) is 0 Å². The maximum absolute atomic E-state index is 13.8. The van der Waals surface area contributed by atoms with Gasteiger partial charge in [-0.25, -0.2) is 9.82 Å². The number of halogens is 1. The zero-order valence-corrected chi connectivity index (χ0v) is 15.1. The smallest absolute Gasteiger partial charge is 0.274 e. The average Bonchev–Trinajstić information content (AvgIpc) is 2.62. The Labute approximate surface area is 152 Å². The molecule has 0 aromatic heterocycles. The fourth-order valence-corrected chi connectivity index (χ4v) is 2.47. The molecule has 0 aliphatic carbocycles. The number of hydrazone groups is 1. The minimum absolute atomic E-state index is 0.151. The molecule has 134 valence electrons. The standard InChI is InChI=1S/C20H20FN3O2/c1-12(2)17-9-15(13(3)7-19(17)26-4)11-23-24-20(25)16-6-5-14(10-22)8-18(16)21/h5-9,11-12H,1-4H3,(H,24,25)/b23-11-. The largest absolute Gasteiger partial charge is 0.496 e. The molecule has 0 aliphatic heterocycles. The van der Waals surface area contributed by atoms with Gasteiger partial charge in [0.25, 0.3) is 5.91 Å². The molecule has 0 unspecified atom stereocenters. The quantitative estimate of drug-likeness (QED) is 0.654. The summed E-state index contributed by atoms with van der Waals surface area (Å²) >= 11 is 0. The van der Waals surface area contributed by atoms with E-state index in [9.17, 15) is 9.18 Å². The number of aryl methyl sites for hydroxylation is 1. The lowest BCUT2D eigenvalue weighted by atomic mass is 9.97. The molecular weight excluding hydrogens is 333 g/mol. The van der Waals surface area contributed by atoms with Crippen LogP contribution in [0.25, 0.3) is 0 Å². The lowest BCUT2D eigenvalue weighted by Gasteiger charge is -2.14. The number of hydrogen-bond acceptors (Lipinski definition) is 4. The Morgan fingerprint density at radius 3 is 2.65 bits per heavy atom. The van der Waals surface area contributed by atoms with Gasteiger partial charge in [0.1, 0.15) is 11.6 Å². The predicted molar refractivity (Wildman–Crippen MR) is 98.0 cm³/mol. The molecule has 0 bridgehead atoms. The molecule has 0 radical (unpaired) electrons. The number of carbonyl (C=O) groups excluding carboxylic acids is 1. The third kappa shape index (κ3) is 4.25. The maximum Gasteiger partial charge on any atom is 0.274 e. The molecular formula is C20H20FN3O2. The molecule has 0 saturated carbocycles. The van der Waals surface area contributed by atoms with Crippen LogP contribution in [0.4, 0.5) is 4.39 Å². The van der Waals surface area contributed by atoms with Gasteiger partial charge in [0.05, 0.1) is 30.5 Å². The molecule has 6 heteroatoms. The number of hydrogen-bond donors (Lipinski definition) is 1. The van der Waals surface area contributed by atoms with Crippen molar-refractivity contribution in [3.05, 3.63) is 64.0 Å². The number of methoxy groups -OCH3 is 1. The highest BCUT2D eigenvalue weighted by molar-refractivity contribution is 5.95. The van der Waals surface area contributed by atoms with E-state index in [0.717, 1.165) is 28.5 Å². The summed E-state index contributed by atoms with van der Waals surface area (Å²) < 4.78 is 19.2. The van der Waals surface area contributed by atoms with E-state index in [-0.39, 0.29) is 17.0 Å². The topological polar surface area (TPSA) is 74.5 Å². The number of benzene rings is 2. The van der Waals surface area contributed by atoms with Gasteiger partial charge in [-0.2, -0.15) is 10.4 Å². The molecule has 2 rings (SSSR count). The normalized spacial score (nSPS) is 10.8. The third-order valence-electron chi connectivity index (χ3n) is 3.95. The summed E-state index contributed by atoms with van der Waals surface area (Å²) in [4.78, 5) is 12.0. The molecule has 0 saturated heterocycles. The molecule has 2 aromatic carbocycles. The summed E-state index contributed by atoms with van der Waals surface area (Å²) in [6.07, 6.45) is 1.51. The van der Waals surface area contributed by atoms with Crippen molar-refractivity contribution in [2.24, 2.45) is 5.10 Å². The summed E-state index contributed by atoms with van der Waals surface area (Å²) in [6, 6.07) is 9.34. The van der Waals surface area contributed by atoms with E-state index < -0.39 is 11.7 Å². The van der Waals surface area contributed by atoms with Crippen LogP contribution >= 0.6 is 0 Å². The fourth-order valence-electron chi connectivity index (χ4n) is 2.47. The van der Waals surface area contributed by atoms with Crippen molar-refractivity contribution >= 4 is 12.1 Å². The van der Waals surface area contributed by atoms with Gasteiger partial charge in [0, 0.05) is 0 Å². The van der Waals surface area contributed by atoms with Gasteiger partial charge in [-0.05, 0) is 59.9 Å². The van der Waals surface area contributed by atoms with E-state index in [4.69, 9.17) is 10.00 Å². The van der Waals surface area contributed by atoms with Crippen LogP contribution in [0.5, 0.6) is 5.75 Å². The molecule has 0 atom stereocenters. The van der Waals surface area contributed by atoms with Gasteiger partial charge < -0.3 is 4.74 Å². The van der Waals surface area contributed by atoms with Gasteiger partial charge in [-0.3, -0.25) is 4.79 Å². The monoisotopic (exact) mass is 353 g/mol. The molecule has 0 aliphatic rings. The number of amides is 1. The first-order valence-corrected chi connectivity index (χ1v) is 8.09. The van der Waals surface area contributed by atoms with Gasteiger partial charge in [-0.15, -0.1) is 0 Å². The highest BCUT2D eigenvalue weighted by Crippen LogP contribution is 2.29. The molecule has 0 spiro atoms. The second-order valence-corrected chi connectivity index (χ2v) is 6.11. The average molecular weight is 353 g/mol. The Kier molecular flexibility index (Phi) is 6.07. The van der Waals surface area contributed by atoms with Gasteiger partial charge in [0.15, 0.2) is 0 Å². The van der Waals surface area contributed by atoms with E-state index in [1.54, 1.807) is 7.11 Å². The second kappa shape index (κ2) is 8.26. The summed E-state index contributed by atoms with van der Waals surface area (Å²) in [5.41, 5.74) is 5.09. The Morgan fingerprint density at radius 1 is 1.35 bits per heavy atom. The molecule has 5 nitrogen and oxygen atoms in total. The van der Waals surface area contributed by atoms with Crippen LogP contribution in [0, 0.1) is 24.1 Å². The van der Waals surface area contributed by atoms with Crippen LogP contribution < -0.4 is 10.2 Å². The van der Waals surface area contributed by atoms with Crippen LogP contribution in [-0.4, -0.2) is 19.2 Å². The van der Waals surface area contributed by atoms with Crippen molar-refractivity contribution < 1.29 is 13.9 Å². The van der Waals surface area contributed by atoms with Crippen molar-refractivity contribution in [2.75, 3.05) is 7.11 Å². The van der Waals surface area contributed by atoms with Gasteiger partial charge in [-0.1, -0.05) is 13.8 Å². The molecule has 2 aromatic rings. The number of nitriles is 1. The van der Waals surface area contributed by atoms with Gasteiger partial charge >= 0.3 is 0 Å². The van der Waals surface area contributed by atoms with Crippen LogP contribution in [0.1, 0.15) is 52.4 Å². The van der Waals surface area contributed by atoms with E-state index in [0.29, 0.717) is 0 Å². The Hall–Kier alpha value is -3.20. The minimum Gasteiger partial charge on any atom is -0.496 e. The predicted octanol–water partition coefficient (Wildman–Crippen LogP) is 3.90. The van der Waals surface area contributed by atoms with Crippen LogP contribution in [0.2, 0.25) is 0 Å². The molecule has 1 N–H and O–H groups in total. The Balaban J connectivity index is 2.19. The van der Waals surface area contributed by atoms with Crippen LogP contribution in [0.15, 0.2) is 35.4 Å². The van der Waals surface area contributed by atoms with Crippen molar-refractivity contribution in [3.8, 4) is 11.8 Å². The maximum atomic E-state index is 13.8. The number of nitrogens with zero attached hydrogens (tertiary/aromatic N) is 2. The van der Waals surface area contributed by atoms with E-state index in [1.807, 2.05) is 25.1 Å². The van der Waals surface area contributed by atoms with E-state index in [2.05, 4.69) is 24.4 Å². The number of nitrogens with one attached hydrogen (secondary N) is 1. The summed E-state index contributed by atoms with van der Waals surface area (Å²) in [7, 11) is 1.63. The second-order valence-electron chi connectivity index (χ2n) is 6.11. The first-order chi connectivity index (χ1) is 12.4. The highest BCUT2D eigenvalue weighted by Gasteiger charge is 2.12. The van der Waals surface area contributed by atoms with Gasteiger partial charge in [0.2, 0.25) is 0 Å². The molecule has 1 amide bonds. The Bertz CT molecular complexity index is 899.